The highest BCUT2D eigenvalue weighted by Gasteiger charge is 2.04. The number of isothiocyanates is 1. The van der Waals surface area contributed by atoms with Gasteiger partial charge in [0.25, 0.3) is 0 Å². The fourth-order valence-electron chi connectivity index (χ4n) is 0.584. The highest BCUT2D eigenvalue weighted by Crippen LogP contribution is 2.13. The third-order valence-corrected chi connectivity index (χ3v) is 1.22. The van der Waals surface area contributed by atoms with Crippen LogP contribution in [-0.2, 0) is 0 Å². The Hall–Kier alpha value is -0.990. The number of aliphatic imine (C=N–C) groups is 1. The summed E-state index contributed by atoms with van der Waals surface area (Å²) in [7, 11) is 0. The lowest BCUT2D eigenvalue weighted by Crippen LogP contribution is -1.83. The first-order valence-corrected chi connectivity index (χ1v) is 3.23. The fraction of sp³-hybridized carbons (Fsp3) is 0.333. The van der Waals surface area contributed by atoms with Gasteiger partial charge in [0, 0.05) is 6.07 Å². The predicted molar refractivity (Wildman–Crippen MR) is 39.9 cm³/mol. The predicted octanol–water partition coefficient (Wildman–Crippen LogP) is 1.84. The molecule has 1 aromatic rings. The number of hydrogen-bond donors (Lipinski definition) is 0. The average molecular weight is 154 g/mol. The van der Waals surface area contributed by atoms with Crippen LogP contribution in [0.25, 0.3) is 0 Å². The van der Waals surface area contributed by atoms with E-state index in [9.17, 15) is 0 Å². The van der Waals surface area contributed by atoms with Gasteiger partial charge in [0.2, 0.25) is 0 Å². The van der Waals surface area contributed by atoms with Gasteiger partial charge in [-0.2, -0.15) is 0 Å². The van der Waals surface area contributed by atoms with Gasteiger partial charge in [-0.15, -0.1) is 0 Å². The first kappa shape index (κ1) is 7.12. The van der Waals surface area contributed by atoms with Crippen LogP contribution in [0.2, 0.25) is 0 Å². The van der Waals surface area contributed by atoms with Crippen molar-refractivity contribution in [3.63, 3.8) is 0 Å². The molecule has 0 saturated heterocycles. The van der Waals surface area contributed by atoms with Crippen LogP contribution < -0.4 is 0 Å². The molecule has 0 aromatic carbocycles. The third kappa shape index (κ3) is 1.50. The normalized spacial score (nSPS) is 12.1. The summed E-state index contributed by atoms with van der Waals surface area (Å²) in [5, 5.41) is 5.81. The lowest BCUT2D eigenvalue weighted by molar-refractivity contribution is 0.368. The quantitative estimate of drug-likeness (QED) is 0.482. The van der Waals surface area contributed by atoms with Crippen molar-refractivity contribution in [3.8, 4) is 0 Å². The van der Waals surface area contributed by atoms with Crippen molar-refractivity contribution in [1.29, 1.82) is 0 Å². The maximum absolute atomic E-state index is 4.82. The summed E-state index contributed by atoms with van der Waals surface area (Å²) in [5.41, 5.74) is 0. The van der Waals surface area contributed by atoms with Crippen LogP contribution >= 0.6 is 12.2 Å². The molecule has 52 valence electrons. The Morgan fingerprint density at radius 1 is 1.90 bits per heavy atom. The average Bonchev–Trinajstić information content (AvgIpc) is 2.38. The Morgan fingerprint density at radius 2 is 2.70 bits per heavy atom. The molecule has 0 radical (unpaired) electrons. The van der Waals surface area contributed by atoms with E-state index in [2.05, 4.69) is 27.5 Å². The third-order valence-electron chi connectivity index (χ3n) is 1.12. The molecule has 0 saturated carbocycles. The number of aromatic nitrogens is 1. The molecular formula is C6H6N2OS. The first-order chi connectivity index (χ1) is 4.84. The molecule has 1 heterocycles. The van der Waals surface area contributed by atoms with E-state index < -0.39 is 0 Å². The van der Waals surface area contributed by atoms with E-state index in [0.29, 0.717) is 5.76 Å². The second-order valence-electron chi connectivity index (χ2n) is 1.81. The summed E-state index contributed by atoms with van der Waals surface area (Å²) in [5.74, 6) is 0.706. The molecule has 0 aliphatic rings. The molecule has 4 heteroatoms. The van der Waals surface area contributed by atoms with Gasteiger partial charge in [-0.1, -0.05) is 5.16 Å². The highest BCUT2D eigenvalue weighted by molar-refractivity contribution is 7.78. The number of thiocarbonyl (C=S) groups is 1. The van der Waals surface area contributed by atoms with Crippen LogP contribution in [0, 0.1) is 0 Å². The number of hydrogen-bond acceptors (Lipinski definition) is 4. The van der Waals surface area contributed by atoms with Crippen molar-refractivity contribution in [2.24, 2.45) is 4.99 Å². The minimum atomic E-state index is -0.0694. The van der Waals surface area contributed by atoms with Gasteiger partial charge in [-0.05, 0) is 19.1 Å². The van der Waals surface area contributed by atoms with Gasteiger partial charge in [0.15, 0.2) is 5.76 Å². The molecule has 0 fully saturated rings. The molecule has 3 nitrogen and oxygen atoms in total. The highest BCUT2D eigenvalue weighted by atomic mass is 32.1. The molecule has 0 amide bonds. The van der Waals surface area contributed by atoms with E-state index in [-0.39, 0.29) is 6.04 Å². The molecule has 10 heavy (non-hydrogen) atoms. The molecule has 0 unspecified atom stereocenters. The Morgan fingerprint density at radius 3 is 3.20 bits per heavy atom. The minimum absolute atomic E-state index is 0.0694. The summed E-state index contributed by atoms with van der Waals surface area (Å²) in [4.78, 5) is 3.80. The molecule has 1 atom stereocenters. The summed E-state index contributed by atoms with van der Waals surface area (Å²) in [6, 6.07) is 1.68. The van der Waals surface area contributed by atoms with Crippen LogP contribution in [0.15, 0.2) is 21.8 Å². The topological polar surface area (TPSA) is 38.4 Å². The van der Waals surface area contributed by atoms with Crippen LogP contribution in [0.5, 0.6) is 0 Å². The molecule has 0 aliphatic heterocycles. The maximum Gasteiger partial charge on any atom is 0.161 e. The zero-order valence-electron chi connectivity index (χ0n) is 5.44. The smallest absolute Gasteiger partial charge is 0.161 e. The van der Waals surface area contributed by atoms with Gasteiger partial charge in [-0.25, -0.2) is 4.99 Å². The zero-order chi connectivity index (χ0) is 7.40. The summed E-state index contributed by atoms with van der Waals surface area (Å²) in [6.07, 6.45) is 1.57. The van der Waals surface area contributed by atoms with Crippen LogP contribution in [-0.4, -0.2) is 10.3 Å². The lowest BCUT2D eigenvalue weighted by atomic mass is 10.3. The van der Waals surface area contributed by atoms with E-state index in [1.165, 1.54) is 0 Å². The SMILES string of the molecule is C[C@H](N=C=S)c1ccno1. The fourth-order valence-corrected chi connectivity index (χ4v) is 0.742. The monoisotopic (exact) mass is 154 g/mol. The van der Waals surface area contributed by atoms with Crippen molar-refractivity contribution in [3.05, 3.63) is 18.0 Å². The first-order valence-electron chi connectivity index (χ1n) is 2.82. The Kier molecular flexibility index (Phi) is 2.31. The van der Waals surface area contributed by atoms with E-state index >= 15 is 0 Å². The second kappa shape index (κ2) is 3.25. The molecule has 0 bridgehead atoms. The Labute approximate surface area is 63.7 Å². The number of rotatable bonds is 2. The summed E-state index contributed by atoms with van der Waals surface area (Å²) >= 11 is 4.42. The van der Waals surface area contributed by atoms with Gasteiger partial charge < -0.3 is 4.52 Å². The van der Waals surface area contributed by atoms with Crippen LogP contribution in [0.3, 0.4) is 0 Å². The van der Waals surface area contributed by atoms with Crippen molar-refractivity contribution < 1.29 is 4.52 Å². The van der Waals surface area contributed by atoms with E-state index in [4.69, 9.17) is 4.52 Å². The molecular weight excluding hydrogens is 148 g/mol. The summed E-state index contributed by atoms with van der Waals surface area (Å²) < 4.78 is 4.82. The Bertz CT molecular complexity index is 238. The van der Waals surface area contributed by atoms with Crippen LogP contribution in [0.4, 0.5) is 0 Å². The zero-order valence-corrected chi connectivity index (χ0v) is 6.26. The number of nitrogens with zero attached hydrogens (tertiary/aromatic N) is 2. The van der Waals surface area contributed by atoms with Gasteiger partial charge in [0.1, 0.15) is 6.04 Å². The largest absolute Gasteiger partial charge is 0.359 e. The van der Waals surface area contributed by atoms with Gasteiger partial charge in [0.05, 0.1) is 11.4 Å². The van der Waals surface area contributed by atoms with E-state index in [0.717, 1.165) is 0 Å². The molecule has 0 aliphatic carbocycles. The summed E-state index contributed by atoms with van der Waals surface area (Å²) in [6.45, 7) is 1.86. The van der Waals surface area contributed by atoms with Crippen LogP contribution in [0.1, 0.15) is 18.7 Å². The van der Waals surface area contributed by atoms with Crippen molar-refractivity contribution in [2.45, 2.75) is 13.0 Å². The molecule has 1 aromatic heterocycles. The van der Waals surface area contributed by atoms with Gasteiger partial charge in [-0.3, -0.25) is 0 Å². The lowest BCUT2D eigenvalue weighted by Gasteiger charge is -1.94. The van der Waals surface area contributed by atoms with Crippen molar-refractivity contribution >= 4 is 17.4 Å². The maximum atomic E-state index is 4.82. The van der Waals surface area contributed by atoms with Crippen molar-refractivity contribution in [1.82, 2.24) is 5.16 Å². The molecule has 0 spiro atoms. The Balaban J connectivity index is 2.76. The van der Waals surface area contributed by atoms with E-state index in [1.54, 1.807) is 12.3 Å². The van der Waals surface area contributed by atoms with E-state index in [1.807, 2.05) is 6.92 Å². The van der Waals surface area contributed by atoms with Gasteiger partial charge >= 0.3 is 0 Å². The second-order valence-corrected chi connectivity index (χ2v) is 1.99. The standard InChI is InChI=1S/C6H6N2OS/c1-5(7-4-10)6-2-3-8-9-6/h2-3,5H,1H3/t5-/m0/s1. The molecule has 0 N–H and O–H groups in total. The minimum Gasteiger partial charge on any atom is -0.359 e. The molecule has 1 rings (SSSR count). The van der Waals surface area contributed by atoms with Crippen molar-refractivity contribution in [2.75, 3.05) is 0 Å².